The van der Waals surface area contributed by atoms with Crippen molar-refractivity contribution in [2.75, 3.05) is 0 Å². The molecule has 0 N–H and O–H groups in total. The molecule has 1 aliphatic carbocycles. The Hall–Kier alpha value is -0.830. The Labute approximate surface area is 91.1 Å². The number of benzene rings is 1. The van der Waals surface area contributed by atoms with E-state index in [1.54, 1.807) is 0 Å². The zero-order valence-corrected chi connectivity index (χ0v) is 9.20. The van der Waals surface area contributed by atoms with Gasteiger partial charge in [-0.25, -0.2) is 0 Å². The van der Waals surface area contributed by atoms with Crippen LogP contribution in [0, 0.1) is 0 Å². The first-order valence-corrected chi connectivity index (χ1v) is 5.62. The molecule has 1 heterocycles. The van der Waals surface area contributed by atoms with Gasteiger partial charge in [0.2, 0.25) is 0 Å². The largest absolute Gasteiger partial charge is 0.391 e. The van der Waals surface area contributed by atoms with Crippen molar-refractivity contribution in [3.05, 3.63) is 35.4 Å². The summed E-state index contributed by atoms with van der Waals surface area (Å²) in [5.41, 5.74) is 2.81. The highest BCUT2D eigenvalue weighted by atomic mass is 79.9. The highest BCUT2D eigenvalue weighted by Gasteiger charge is 2.38. The van der Waals surface area contributed by atoms with Gasteiger partial charge in [-0.2, -0.15) is 0 Å². The monoisotopic (exact) mass is 251 g/mol. The second-order valence-corrected chi connectivity index (χ2v) is 4.59. The number of oxime groups is 1. The lowest BCUT2D eigenvalue weighted by Gasteiger charge is -2.25. The molecule has 0 radical (unpaired) electrons. The molecule has 3 rings (SSSR count). The molecule has 2 nitrogen and oxygen atoms in total. The standard InChI is InChI=1S/C11H10BrNO/c12-11-10-8-4-2-1-3-7(8)5-6-9(10)14-13-11/h1-4,9-10H,5-6H2. The molecule has 0 saturated carbocycles. The first-order chi connectivity index (χ1) is 6.86. The van der Waals surface area contributed by atoms with Crippen LogP contribution in [-0.2, 0) is 11.3 Å². The Morgan fingerprint density at radius 2 is 2.21 bits per heavy atom. The van der Waals surface area contributed by atoms with E-state index >= 15 is 0 Å². The van der Waals surface area contributed by atoms with Gasteiger partial charge in [0, 0.05) is 0 Å². The Bertz CT molecular complexity index is 402. The van der Waals surface area contributed by atoms with Gasteiger partial charge in [0.05, 0.1) is 5.92 Å². The van der Waals surface area contributed by atoms with Crippen molar-refractivity contribution in [3.8, 4) is 0 Å². The van der Waals surface area contributed by atoms with E-state index in [1.165, 1.54) is 11.1 Å². The fourth-order valence-corrected chi connectivity index (χ4v) is 2.93. The summed E-state index contributed by atoms with van der Waals surface area (Å²) in [6.07, 6.45) is 2.42. The van der Waals surface area contributed by atoms with Gasteiger partial charge in [0.15, 0.2) is 0 Å². The lowest BCUT2D eigenvalue weighted by molar-refractivity contribution is 0.0663. The summed E-state index contributed by atoms with van der Waals surface area (Å²) < 4.78 is 0.939. The van der Waals surface area contributed by atoms with Gasteiger partial charge in [-0.15, -0.1) is 0 Å². The smallest absolute Gasteiger partial charge is 0.140 e. The van der Waals surface area contributed by atoms with Gasteiger partial charge >= 0.3 is 0 Å². The fourth-order valence-electron chi connectivity index (χ4n) is 2.30. The Morgan fingerprint density at radius 3 is 3.14 bits per heavy atom. The molecule has 2 atom stereocenters. The van der Waals surface area contributed by atoms with E-state index in [0.29, 0.717) is 5.92 Å². The summed E-state index contributed by atoms with van der Waals surface area (Å²) in [7, 11) is 0. The zero-order chi connectivity index (χ0) is 9.54. The molecule has 0 saturated heterocycles. The van der Waals surface area contributed by atoms with Crippen molar-refractivity contribution in [1.82, 2.24) is 0 Å². The third-order valence-electron chi connectivity index (χ3n) is 2.99. The van der Waals surface area contributed by atoms with Crippen molar-refractivity contribution < 1.29 is 4.84 Å². The van der Waals surface area contributed by atoms with E-state index in [9.17, 15) is 0 Å². The molecule has 2 unspecified atom stereocenters. The third kappa shape index (κ3) is 1.12. The van der Waals surface area contributed by atoms with E-state index in [0.717, 1.165) is 17.5 Å². The van der Waals surface area contributed by atoms with Crippen LogP contribution >= 0.6 is 15.9 Å². The van der Waals surface area contributed by atoms with E-state index in [2.05, 4.69) is 45.4 Å². The van der Waals surface area contributed by atoms with Crippen molar-refractivity contribution in [1.29, 1.82) is 0 Å². The maximum atomic E-state index is 5.37. The van der Waals surface area contributed by atoms with Gasteiger partial charge in [-0.1, -0.05) is 29.4 Å². The van der Waals surface area contributed by atoms with Crippen LogP contribution < -0.4 is 0 Å². The quantitative estimate of drug-likeness (QED) is 0.695. The molecule has 2 aliphatic rings. The molecule has 0 fully saturated rings. The first-order valence-electron chi connectivity index (χ1n) is 4.83. The van der Waals surface area contributed by atoms with Crippen LogP contribution in [0.25, 0.3) is 0 Å². The summed E-state index contributed by atoms with van der Waals surface area (Å²) >= 11 is 3.47. The van der Waals surface area contributed by atoms with Crippen LogP contribution in [0.5, 0.6) is 0 Å². The molecule has 72 valence electrons. The summed E-state index contributed by atoms with van der Waals surface area (Å²) in [6, 6.07) is 8.56. The van der Waals surface area contributed by atoms with E-state index < -0.39 is 0 Å². The van der Waals surface area contributed by atoms with Gasteiger partial charge in [0.1, 0.15) is 10.7 Å². The normalized spacial score (nSPS) is 28.8. The van der Waals surface area contributed by atoms with Crippen LogP contribution in [-0.4, -0.2) is 10.7 Å². The van der Waals surface area contributed by atoms with Gasteiger partial charge in [-0.3, -0.25) is 0 Å². The van der Waals surface area contributed by atoms with Gasteiger partial charge in [0.25, 0.3) is 0 Å². The highest BCUT2D eigenvalue weighted by Crippen LogP contribution is 2.39. The molecule has 3 heteroatoms. The molecule has 1 aromatic carbocycles. The Balaban J connectivity index is 2.11. The molecule has 0 bridgehead atoms. The predicted octanol–water partition coefficient (Wildman–Crippen LogP) is 2.82. The number of hydrogen-bond acceptors (Lipinski definition) is 2. The average molecular weight is 252 g/mol. The molecule has 1 aliphatic heterocycles. The number of nitrogens with zero attached hydrogens (tertiary/aromatic N) is 1. The number of hydrogen-bond donors (Lipinski definition) is 0. The lowest BCUT2D eigenvalue weighted by atomic mass is 9.82. The molecule has 0 spiro atoms. The predicted molar refractivity (Wildman–Crippen MR) is 58.7 cm³/mol. The molecular weight excluding hydrogens is 242 g/mol. The fraction of sp³-hybridized carbons (Fsp3) is 0.364. The summed E-state index contributed by atoms with van der Waals surface area (Å²) in [5.74, 6) is 0.333. The number of fused-ring (bicyclic) bond motifs is 3. The van der Waals surface area contributed by atoms with Crippen LogP contribution in [0.2, 0.25) is 0 Å². The second-order valence-electron chi connectivity index (χ2n) is 3.77. The van der Waals surface area contributed by atoms with Crippen LogP contribution in [0.15, 0.2) is 29.4 Å². The topological polar surface area (TPSA) is 21.6 Å². The maximum absolute atomic E-state index is 5.37. The minimum atomic E-state index is 0.249. The number of aryl methyl sites for hydroxylation is 1. The molecule has 0 aromatic heterocycles. The average Bonchev–Trinajstić information content (AvgIpc) is 2.61. The van der Waals surface area contributed by atoms with Crippen molar-refractivity contribution >= 4 is 20.6 Å². The summed E-state index contributed by atoms with van der Waals surface area (Å²) in [6.45, 7) is 0. The third-order valence-corrected chi connectivity index (χ3v) is 3.63. The van der Waals surface area contributed by atoms with E-state index in [-0.39, 0.29) is 6.10 Å². The first kappa shape index (κ1) is 8.48. The summed E-state index contributed by atoms with van der Waals surface area (Å²) in [5, 5.41) is 4.01. The molecule has 0 amide bonds. The van der Waals surface area contributed by atoms with Crippen molar-refractivity contribution in [3.63, 3.8) is 0 Å². The number of halogens is 1. The Kier molecular flexibility index (Phi) is 1.87. The molecule has 14 heavy (non-hydrogen) atoms. The minimum Gasteiger partial charge on any atom is -0.391 e. The minimum absolute atomic E-state index is 0.249. The summed E-state index contributed by atoms with van der Waals surface area (Å²) in [4.78, 5) is 5.37. The zero-order valence-electron chi connectivity index (χ0n) is 7.61. The van der Waals surface area contributed by atoms with Crippen LogP contribution in [0.1, 0.15) is 23.5 Å². The molecular formula is C11H10BrNO. The second kappa shape index (κ2) is 3.09. The maximum Gasteiger partial charge on any atom is 0.140 e. The lowest BCUT2D eigenvalue weighted by Crippen LogP contribution is -2.25. The SMILES string of the molecule is BrC1=NOC2CCc3ccccc3C12. The van der Waals surface area contributed by atoms with Crippen molar-refractivity contribution in [2.24, 2.45) is 5.16 Å². The highest BCUT2D eigenvalue weighted by molar-refractivity contribution is 9.18. The van der Waals surface area contributed by atoms with Crippen LogP contribution in [0.3, 0.4) is 0 Å². The number of rotatable bonds is 0. The van der Waals surface area contributed by atoms with Gasteiger partial charge in [-0.05, 0) is 39.9 Å². The van der Waals surface area contributed by atoms with Crippen molar-refractivity contribution in [2.45, 2.75) is 24.9 Å². The molecule has 1 aromatic rings. The van der Waals surface area contributed by atoms with Gasteiger partial charge < -0.3 is 4.84 Å². The van der Waals surface area contributed by atoms with Crippen LogP contribution in [0.4, 0.5) is 0 Å². The van der Waals surface area contributed by atoms with E-state index in [4.69, 9.17) is 4.84 Å². The van der Waals surface area contributed by atoms with E-state index in [1.807, 2.05) is 0 Å². The Morgan fingerprint density at radius 1 is 1.36 bits per heavy atom.